The third-order valence-corrected chi connectivity index (χ3v) is 15.9. The normalized spacial score (nSPS) is 12.6. The predicted octanol–water partition coefficient (Wildman–Crippen LogP) is 25.0. The Labute approximate surface area is 515 Å². The van der Waals surface area contributed by atoms with E-state index in [0.29, 0.717) is 19.3 Å². The van der Waals surface area contributed by atoms with Crippen LogP contribution in [-0.4, -0.2) is 37.2 Å². The lowest BCUT2D eigenvalue weighted by Crippen LogP contribution is -2.30. The summed E-state index contributed by atoms with van der Waals surface area (Å²) in [6.07, 6.45) is 94.6. The van der Waals surface area contributed by atoms with Crippen molar-refractivity contribution >= 4 is 17.9 Å². The molecule has 0 N–H and O–H groups in total. The highest BCUT2D eigenvalue weighted by molar-refractivity contribution is 5.71. The zero-order chi connectivity index (χ0) is 59.9. The van der Waals surface area contributed by atoms with Crippen molar-refractivity contribution in [2.75, 3.05) is 13.2 Å². The van der Waals surface area contributed by atoms with Crippen LogP contribution in [0.3, 0.4) is 0 Å². The average molecular weight is 1160 g/mol. The molecule has 6 heteroatoms. The van der Waals surface area contributed by atoms with Crippen LogP contribution in [-0.2, 0) is 28.6 Å². The SMILES string of the molecule is CC/C=C\C/C=C\C/C=C\C/C=C\C/C=C\C/C=C\C/C=C\CCCCCCCCCC(=O)OCC(COC(=O)CCCCCCCCCCCCCCCC)OC(=O)CCCCCCCCCCCCCCCCCCCCCCCC. The molecule has 0 saturated heterocycles. The zero-order valence-electron chi connectivity index (χ0n) is 55.2. The first-order valence-electron chi connectivity index (χ1n) is 36.1. The van der Waals surface area contributed by atoms with E-state index in [9.17, 15) is 14.4 Å². The van der Waals surface area contributed by atoms with E-state index in [1.165, 1.54) is 218 Å². The van der Waals surface area contributed by atoms with Crippen LogP contribution in [0.15, 0.2) is 85.1 Å². The second-order valence-electron chi connectivity index (χ2n) is 24.1. The minimum atomic E-state index is -0.780. The number of rotatable bonds is 66. The van der Waals surface area contributed by atoms with Gasteiger partial charge < -0.3 is 14.2 Å². The summed E-state index contributed by atoms with van der Waals surface area (Å²) in [4.78, 5) is 38.5. The topological polar surface area (TPSA) is 78.9 Å². The molecule has 480 valence electrons. The van der Waals surface area contributed by atoms with Gasteiger partial charge in [0.05, 0.1) is 0 Å². The lowest BCUT2D eigenvalue weighted by Gasteiger charge is -2.18. The third kappa shape index (κ3) is 69.3. The summed E-state index contributed by atoms with van der Waals surface area (Å²) in [5.41, 5.74) is 0. The van der Waals surface area contributed by atoms with Crippen LogP contribution in [0.4, 0.5) is 0 Å². The Kier molecular flexibility index (Phi) is 68.2. The molecule has 0 amide bonds. The minimum absolute atomic E-state index is 0.0743. The number of ether oxygens (including phenoxy) is 3. The molecule has 0 spiro atoms. The van der Waals surface area contributed by atoms with Crippen molar-refractivity contribution in [2.24, 2.45) is 0 Å². The lowest BCUT2D eigenvalue weighted by atomic mass is 10.0. The Morgan fingerprint density at radius 1 is 0.253 bits per heavy atom. The molecule has 0 aliphatic carbocycles. The lowest BCUT2D eigenvalue weighted by molar-refractivity contribution is -0.167. The number of allylic oxidation sites excluding steroid dienone is 14. The van der Waals surface area contributed by atoms with Crippen molar-refractivity contribution in [2.45, 2.75) is 374 Å². The second-order valence-corrected chi connectivity index (χ2v) is 24.1. The highest BCUT2D eigenvalue weighted by Crippen LogP contribution is 2.18. The molecule has 0 radical (unpaired) electrons. The van der Waals surface area contributed by atoms with Crippen molar-refractivity contribution in [1.82, 2.24) is 0 Å². The number of carbonyl (C=O) groups is 3. The Morgan fingerprint density at radius 3 is 0.735 bits per heavy atom. The summed E-state index contributed by atoms with van der Waals surface area (Å²) >= 11 is 0. The molecule has 1 unspecified atom stereocenters. The van der Waals surface area contributed by atoms with Gasteiger partial charge in [0.1, 0.15) is 13.2 Å². The van der Waals surface area contributed by atoms with Gasteiger partial charge in [-0.05, 0) is 77.0 Å². The Bertz CT molecular complexity index is 1570. The number of esters is 3. The summed E-state index contributed by atoms with van der Waals surface area (Å²) in [6.45, 7) is 6.58. The van der Waals surface area contributed by atoms with E-state index in [1.807, 2.05) is 0 Å². The van der Waals surface area contributed by atoms with Gasteiger partial charge in [-0.3, -0.25) is 14.4 Å². The van der Waals surface area contributed by atoms with Crippen LogP contribution in [0.5, 0.6) is 0 Å². The van der Waals surface area contributed by atoms with Gasteiger partial charge in [0.15, 0.2) is 6.10 Å². The van der Waals surface area contributed by atoms with Crippen LogP contribution in [0, 0.1) is 0 Å². The molecule has 0 bridgehead atoms. The fraction of sp³-hybridized carbons (Fsp3) is 0.779. The molecule has 6 nitrogen and oxygen atoms in total. The average Bonchev–Trinajstić information content (AvgIpc) is 3.49. The molecular weight excluding hydrogens is 1020 g/mol. The quantitative estimate of drug-likeness (QED) is 0.0261. The summed E-state index contributed by atoms with van der Waals surface area (Å²) in [5.74, 6) is -0.862. The molecule has 0 fully saturated rings. The van der Waals surface area contributed by atoms with Crippen molar-refractivity contribution in [1.29, 1.82) is 0 Å². The van der Waals surface area contributed by atoms with E-state index >= 15 is 0 Å². The smallest absolute Gasteiger partial charge is 0.306 e. The molecule has 0 aromatic carbocycles. The third-order valence-electron chi connectivity index (χ3n) is 15.9. The number of unbranched alkanes of at least 4 members (excludes halogenated alkanes) is 41. The van der Waals surface area contributed by atoms with Crippen LogP contribution < -0.4 is 0 Å². The van der Waals surface area contributed by atoms with Gasteiger partial charge in [-0.2, -0.15) is 0 Å². The van der Waals surface area contributed by atoms with Gasteiger partial charge in [-0.25, -0.2) is 0 Å². The first kappa shape index (κ1) is 79.6. The standard InChI is InChI=1S/C77H136O6/c1-4-7-10-13-16-19-22-25-28-30-32-34-36-37-38-39-40-41-42-44-45-47-49-52-55-58-61-64-67-70-76(79)82-73-74(72-81-75(78)69-66-63-60-57-54-51-27-24-21-18-15-12-9-6-3)83-77(80)71-68-65-62-59-56-53-50-48-46-43-35-33-31-29-26-23-20-17-14-11-8-5-2/h7,10,16,19,25,28,32,34,37-38,40-41,44-45,74H,4-6,8-9,11-15,17-18,20-24,26-27,29-31,33,35-36,39,42-43,46-73H2,1-3H3/b10-7-,19-16-,28-25-,34-32-,38-37-,41-40-,45-44-. The van der Waals surface area contributed by atoms with Crippen LogP contribution in [0.1, 0.15) is 367 Å². The van der Waals surface area contributed by atoms with Crippen molar-refractivity contribution < 1.29 is 28.6 Å². The maximum atomic E-state index is 13.0. The first-order valence-corrected chi connectivity index (χ1v) is 36.1. The predicted molar refractivity (Wildman–Crippen MR) is 362 cm³/mol. The van der Waals surface area contributed by atoms with Gasteiger partial charge >= 0.3 is 17.9 Å². The van der Waals surface area contributed by atoms with E-state index in [-0.39, 0.29) is 31.1 Å². The van der Waals surface area contributed by atoms with Gasteiger partial charge in [0.25, 0.3) is 0 Å². The largest absolute Gasteiger partial charge is 0.462 e. The molecule has 0 aromatic heterocycles. The van der Waals surface area contributed by atoms with Gasteiger partial charge in [-0.1, -0.05) is 356 Å². The van der Waals surface area contributed by atoms with Crippen LogP contribution in [0.25, 0.3) is 0 Å². The molecule has 0 heterocycles. The van der Waals surface area contributed by atoms with Gasteiger partial charge in [0, 0.05) is 19.3 Å². The van der Waals surface area contributed by atoms with Gasteiger partial charge in [-0.15, -0.1) is 0 Å². The molecule has 0 aliphatic heterocycles. The summed E-state index contributed by atoms with van der Waals surface area (Å²) in [7, 11) is 0. The van der Waals surface area contributed by atoms with E-state index < -0.39 is 6.10 Å². The minimum Gasteiger partial charge on any atom is -0.462 e. The zero-order valence-corrected chi connectivity index (χ0v) is 55.2. The molecule has 0 aromatic rings. The molecule has 1 atom stereocenters. The molecule has 83 heavy (non-hydrogen) atoms. The molecule has 0 rings (SSSR count). The highest BCUT2D eigenvalue weighted by Gasteiger charge is 2.19. The van der Waals surface area contributed by atoms with Crippen LogP contribution in [0.2, 0.25) is 0 Å². The van der Waals surface area contributed by atoms with E-state index in [0.717, 1.165) is 109 Å². The highest BCUT2D eigenvalue weighted by atomic mass is 16.6. The number of carbonyl (C=O) groups excluding carboxylic acids is 3. The van der Waals surface area contributed by atoms with Gasteiger partial charge in [0.2, 0.25) is 0 Å². The Hall–Kier alpha value is -3.41. The summed E-state index contributed by atoms with van der Waals surface area (Å²) < 4.78 is 17.0. The maximum Gasteiger partial charge on any atom is 0.306 e. The molecule has 0 aliphatic rings. The number of hydrogen-bond acceptors (Lipinski definition) is 6. The molecule has 0 saturated carbocycles. The van der Waals surface area contributed by atoms with E-state index in [1.54, 1.807) is 0 Å². The fourth-order valence-electron chi connectivity index (χ4n) is 10.5. The first-order chi connectivity index (χ1) is 41.0. The Balaban J connectivity index is 4.31. The number of hydrogen-bond donors (Lipinski definition) is 0. The summed E-state index contributed by atoms with van der Waals surface area (Å²) in [6, 6.07) is 0. The maximum absolute atomic E-state index is 13.0. The Morgan fingerprint density at radius 2 is 0.470 bits per heavy atom. The van der Waals surface area contributed by atoms with Crippen molar-refractivity contribution in [3.8, 4) is 0 Å². The van der Waals surface area contributed by atoms with Crippen LogP contribution >= 0.6 is 0 Å². The monoisotopic (exact) mass is 1160 g/mol. The fourth-order valence-corrected chi connectivity index (χ4v) is 10.5. The van der Waals surface area contributed by atoms with E-state index in [4.69, 9.17) is 14.2 Å². The molecular formula is C77H136O6. The van der Waals surface area contributed by atoms with E-state index in [2.05, 4.69) is 106 Å². The second kappa shape index (κ2) is 71.1. The summed E-state index contributed by atoms with van der Waals surface area (Å²) in [5, 5.41) is 0. The van der Waals surface area contributed by atoms with Crippen molar-refractivity contribution in [3.05, 3.63) is 85.1 Å². The van der Waals surface area contributed by atoms with Crippen molar-refractivity contribution in [3.63, 3.8) is 0 Å².